The number of nitro benzene ring substituents is 1. The third-order valence-corrected chi connectivity index (χ3v) is 2.77. The molecule has 5 nitrogen and oxygen atoms in total. The Balaban J connectivity index is 2.07. The second-order valence-corrected chi connectivity index (χ2v) is 4.38. The minimum absolute atomic E-state index is 0.00101. The molecule has 5 heteroatoms. The first kappa shape index (κ1) is 14.5. The average Bonchev–Trinajstić information content (AvgIpc) is 2.52. The van der Waals surface area contributed by atoms with Gasteiger partial charge in [-0.2, -0.15) is 5.10 Å². The van der Waals surface area contributed by atoms with Crippen LogP contribution in [0.2, 0.25) is 0 Å². The normalized spacial score (nSPS) is 11.6. The van der Waals surface area contributed by atoms with E-state index in [4.69, 9.17) is 0 Å². The second-order valence-electron chi connectivity index (χ2n) is 4.38. The zero-order valence-corrected chi connectivity index (χ0v) is 11.6. The van der Waals surface area contributed by atoms with Gasteiger partial charge in [-0.05, 0) is 24.6 Å². The number of nitrogens with zero attached hydrogens (tertiary/aromatic N) is 2. The minimum Gasteiger partial charge on any atom is -0.271 e. The third kappa shape index (κ3) is 4.28. The van der Waals surface area contributed by atoms with Crippen LogP contribution >= 0.6 is 0 Å². The van der Waals surface area contributed by atoms with Crippen molar-refractivity contribution in [2.75, 3.05) is 5.43 Å². The summed E-state index contributed by atoms with van der Waals surface area (Å²) >= 11 is 0. The number of anilines is 1. The zero-order chi connectivity index (χ0) is 15.1. The third-order valence-electron chi connectivity index (χ3n) is 2.77. The van der Waals surface area contributed by atoms with E-state index in [-0.39, 0.29) is 5.69 Å². The van der Waals surface area contributed by atoms with Crippen molar-refractivity contribution in [3.8, 4) is 0 Å². The highest BCUT2D eigenvalue weighted by atomic mass is 16.6. The molecule has 2 aromatic carbocycles. The lowest BCUT2D eigenvalue weighted by Gasteiger charge is -2.02. The van der Waals surface area contributed by atoms with Gasteiger partial charge in [-0.1, -0.05) is 48.5 Å². The summed E-state index contributed by atoms with van der Waals surface area (Å²) < 4.78 is 0. The summed E-state index contributed by atoms with van der Waals surface area (Å²) in [5, 5.41) is 15.0. The zero-order valence-electron chi connectivity index (χ0n) is 11.6. The number of nitrogens with one attached hydrogen (secondary N) is 1. The van der Waals surface area contributed by atoms with Gasteiger partial charge in [0.2, 0.25) is 0 Å². The Morgan fingerprint density at radius 1 is 1.14 bits per heavy atom. The van der Waals surface area contributed by atoms with Gasteiger partial charge >= 0.3 is 0 Å². The van der Waals surface area contributed by atoms with Crippen LogP contribution in [-0.4, -0.2) is 10.6 Å². The molecule has 0 bridgehead atoms. The molecule has 0 aliphatic heterocycles. The highest BCUT2D eigenvalue weighted by Crippen LogP contribution is 2.22. The van der Waals surface area contributed by atoms with Gasteiger partial charge in [0, 0.05) is 6.07 Å². The van der Waals surface area contributed by atoms with Crippen LogP contribution in [0, 0.1) is 10.1 Å². The molecule has 2 aromatic rings. The van der Waals surface area contributed by atoms with Crippen LogP contribution in [0.5, 0.6) is 0 Å². The lowest BCUT2D eigenvalue weighted by molar-refractivity contribution is -0.384. The van der Waals surface area contributed by atoms with Gasteiger partial charge in [0.1, 0.15) is 5.69 Å². The molecule has 0 spiro atoms. The number of para-hydroxylation sites is 2. The Labute approximate surface area is 122 Å². The van der Waals surface area contributed by atoms with E-state index < -0.39 is 4.92 Å². The number of hydrogen-bond donors (Lipinski definition) is 1. The number of nitro groups is 1. The van der Waals surface area contributed by atoms with Gasteiger partial charge in [0.25, 0.3) is 5.69 Å². The number of allylic oxidation sites excluding steroid dienone is 1. The Morgan fingerprint density at radius 2 is 1.81 bits per heavy atom. The van der Waals surface area contributed by atoms with Crippen LogP contribution in [0.4, 0.5) is 11.4 Å². The Bertz CT molecular complexity index is 679. The number of hydrazone groups is 1. The van der Waals surface area contributed by atoms with Crippen molar-refractivity contribution in [1.82, 2.24) is 0 Å². The predicted octanol–water partition coefficient (Wildman–Crippen LogP) is 4.10. The summed E-state index contributed by atoms with van der Waals surface area (Å²) in [6, 6.07) is 16.2. The Kier molecular flexibility index (Phi) is 4.82. The fourth-order valence-electron chi connectivity index (χ4n) is 1.69. The molecule has 0 aliphatic carbocycles. The largest absolute Gasteiger partial charge is 0.294 e. The van der Waals surface area contributed by atoms with E-state index in [9.17, 15) is 10.1 Å². The van der Waals surface area contributed by atoms with Crippen LogP contribution in [0.1, 0.15) is 12.5 Å². The molecule has 0 radical (unpaired) electrons. The molecule has 21 heavy (non-hydrogen) atoms. The van der Waals surface area contributed by atoms with Crippen molar-refractivity contribution >= 4 is 23.2 Å². The molecule has 0 aliphatic rings. The molecule has 2 rings (SSSR count). The van der Waals surface area contributed by atoms with E-state index >= 15 is 0 Å². The van der Waals surface area contributed by atoms with Crippen molar-refractivity contribution in [3.63, 3.8) is 0 Å². The van der Waals surface area contributed by atoms with E-state index in [2.05, 4.69) is 10.5 Å². The highest BCUT2D eigenvalue weighted by Gasteiger charge is 2.10. The smallest absolute Gasteiger partial charge is 0.271 e. The monoisotopic (exact) mass is 281 g/mol. The van der Waals surface area contributed by atoms with Crippen LogP contribution in [0.3, 0.4) is 0 Å². The van der Waals surface area contributed by atoms with Gasteiger partial charge in [-0.15, -0.1) is 0 Å². The molecule has 0 unspecified atom stereocenters. The summed E-state index contributed by atoms with van der Waals surface area (Å²) in [5.74, 6) is 0. The molecule has 106 valence electrons. The van der Waals surface area contributed by atoms with Gasteiger partial charge < -0.3 is 0 Å². The SMILES string of the molecule is CC(/C=C/c1ccccc1)=N/Nc1ccccc1[N+](=O)[O-]. The number of rotatable bonds is 5. The fourth-order valence-corrected chi connectivity index (χ4v) is 1.69. The molecule has 1 N–H and O–H groups in total. The second kappa shape index (κ2) is 7.00. The van der Waals surface area contributed by atoms with E-state index in [0.29, 0.717) is 5.69 Å². The van der Waals surface area contributed by atoms with E-state index in [1.165, 1.54) is 6.07 Å². The standard InChI is InChI=1S/C16H15N3O2/c1-13(11-12-14-7-3-2-4-8-14)17-18-15-9-5-6-10-16(15)19(20)21/h2-12,18H,1H3/b12-11+,17-13-. The first-order valence-corrected chi connectivity index (χ1v) is 6.43. The number of hydrogen-bond acceptors (Lipinski definition) is 4. The fraction of sp³-hybridized carbons (Fsp3) is 0.0625. The lowest BCUT2D eigenvalue weighted by atomic mass is 10.2. The summed E-state index contributed by atoms with van der Waals surface area (Å²) in [4.78, 5) is 10.4. The van der Waals surface area contributed by atoms with Crippen LogP contribution < -0.4 is 5.43 Å². The van der Waals surface area contributed by atoms with E-state index in [0.717, 1.165) is 11.3 Å². The van der Waals surface area contributed by atoms with E-state index in [1.807, 2.05) is 49.4 Å². The van der Waals surface area contributed by atoms with Crippen LogP contribution in [0.25, 0.3) is 6.08 Å². The quantitative estimate of drug-likeness (QED) is 0.509. The maximum Gasteiger partial charge on any atom is 0.294 e. The van der Waals surface area contributed by atoms with Crippen molar-refractivity contribution < 1.29 is 4.92 Å². The van der Waals surface area contributed by atoms with Crippen molar-refractivity contribution in [1.29, 1.82) is 0 Å². The average molecular weight is 281 g/mol. The minimum atomic E-state index is -0.438. The first-order chi connectivity index (χ1) is 10.2. The molecule has 0 amide bonds. The van der Waals surface area contributed by atoms with Crippen LogP contribution in [-0.2, 0) is 0 Å². The highest BCUT2D eigenvalue weighted by molar-refractivity contribution is 5.96. The van der Waals surface area contributed by atoms with E-state index in [1.54, 1.807) is 18.2 Å². The lowest BCUT2D eigenvalue weighted by Crippen LogP contribution is -1.98. The maximum atomic E-state index is 10.9. The molecule has 0 atom stereocenters. The summed E-state index contributed by atoms with van der Waals surface area (Å²) in [7, 11) is 0. The van der Waals surface area contributed by atoms with Gasteiger partial charge in [-0.25, -0.2) is 0 Å². The van der Waals surface area contributed by atoms with Gasteiger partial charge in [0.15, 0.2) is 0 Å². The Morgan fingerprint density at radius 3 is 2.52 bits per heavy atom. The molecule has 0 saturated heterocycles. The maximum absolute atomic E-state index is 10.9. The molecule has 0 saturated carbocycles. The van der Waals surface area contributed by atoms with Gasteiger partial charge in [0.05, 0.1) is 10.6 Å². The molecule has 0 aromatic heterocycles. The molecular formula is C16H15N3O2. The van der Waals surface area contributed by atoms with Crippen LogP contribution in [0.15, 0.2) is 65.8 Å². The van der Waals surface area contributed by atoms with Gasteiger partial charge in [-0.3, -0.25) is 15.5 Å². The Hall–Kier alpha value is -2.95. The predicted molar refractivity (Wildman–Crippen MR) is 85.3 cm³/mol. The summed E-state index contributed by atoms with van der Waals surface area (Å²) in [6.45, 7) is 1.82. The summed E-state index contributed by atoms with van der Waals surface area (Å²) in [5.41, 5.74) is 4.88. The molecule has 0 fully saturated rings. The van der Waals surface area contributed by atoms with Crippen molar-refractivity contribution in [2.45, 2.75) is 6.92 Å². The molecular weight excluding hydrogens is 266 g/mol. The van der Waals surface area contributed by atoms with Crippen molar-refractivity contribution in [3.05, 3.63) is 76.4 Å². The first-order valence-electron chi connectivity index (χ1n) is 6.43. The van der Waals surface area contributed by atoms with Crippen molar-refractivity contribution in [2.24, 2.45) is 5.10 Å². The molecule has 0 heterocycles. The topological polar surface area (TPSA) is 67.5 Å². The summed E-state index contributed by atoms with van der Waals surface area (Å²) in [6.07, 6.45) is 3.77. The number of benzene rings is 2.